The average molecular weight is 251 g/mol. The van der Waals surface area contributed by atoms with E-state index in [0.29, 0.717) is 18.0 Å². The number of aromatic amines is 1. The summed E-state index contributed by atoms with van der Waals surface area (Å²) in [5.41, 5.74) is 7.98. The number of halogens is 1. The van der Waals surface area contributed by atoms with Crippen LogP contribution in [0.15, 0.2) is 23.0 Å². The molecule has 3 N–H and O–H groups in total. The molecule has 0 aliphatic carbocycles. The van der Waals surface area contributed by atoms with Gasteiger partial charge in [0.15, 0.2) is 0 Å². The van der Waals surface area contributed by atoms with Gasteiger partial charge in [-0.1, -0.05) is 11.6 Å². The highest BCUT2D eigenvalue weighted by Gasteiger charge is 2.05. The summed E-state index contributed by atoms with van der Waals surface area (Å²) in [5.74, 6) is 0. The molecule has 4 heteroatoms. The van der Waals surface area contributed by atoms with Gasteiger partial charge in [0.05, 0.1) is 0 Å². The van der Waals surface area contributed by atoms with E-state index in [4.69, 9.17) is 17.3 Å². The Morgan fingerprint density at radius 3 is 2.82 bits per heavy atom. The van der Waals surface area contributed by atoms with Crippen molar-refractivity contribution in [2.75, 3.05) is 6.54 Å². The molecule has 0 spiro atoms. The molecule has 17 heavy (non-hydrogen) atoms. The van der Waals surface area contributed by atoms with Crippen LogP contribution in [0.5, 0.6) is 0 Å². The summed E-state index contributed by atoms with van der Waals surface area (Å²) in [6.07, 6.45) is 1.53. The molecule has 0 radical (unpaired) electrons. The first-order valence-electron chi connectivity index (χ1n) is 5.64. The monoisotopic (exact) mass is 250 g/mol. The smallest absolute Gasteiger partial charge is 0.251 e. The number of nitrogens with one attached hydrogen (secondary N) is 1. The Morgan fingerprint density at radius 2 is 2.12 bits per heavy atom. The fourth-order valence-corrected chi connectivity index (χ4v) is 2.03. The van der Waals surface area contributed by atoms with E-state index in [0.717, 1.165) is 28.5 Å². The zero-order chi connectivity index (χ0) is 12.4. The maximum absolute atomic E-state index is 11.8. The van der Waals surface area contributed by atoms with Gasteiger partial charge in [-0.05, 0) is 55.5 Å². The lowest BCUT2D eigenvalue weighted by Gasteiger charge is -2.05. The highest BCUT2D eigenvalue weighted by atomic mass is 35.5. The van der Waals surface area contributed by atoms with Gasteiger partial charge in [0, 0.05) is 16.1 Å². The van der Waals surface area contributed by atoms with Crippen molar-refractivity contribution in [3.05, 3.63) is 44.7 Å². The molecule has 1 aromatic carbocycles. The molecule has 1 aromatic heterocycles. The first-order chi connectivity index (χ1) is 8.11. The van der Waals surface area contributed by atoms with Crippen LogP contribution < -0.4 is 11.3 Å². The molecule has 0 fully saturated rings. The molecule has 0 unspecified atom stereocenters. The summed E-state index contributed by atoms with van der Waals surface area (Å²) >= 11 is 6.02. The summed E-state index contributed by atoms with van der Waals surface area (Å²) < 4.78 is 0. The third kappa shape index (κ3) is 2.51. The summed E-state index contributed by atoms with van der Waals surface area (Å²) in [6, 6.07) is 5.70. The molecule has 3 nitrogen and oxygen atoms in total. The van der Waals surface area contributed by atoms with E-state index in [9.17, 15) is 4.79 Å². The first kappa shape index (κ1) is 12.1. The second-order valence-electron chi connectivity index (χ2n) is 4.20. The second-order valence-corrected chi connectivity index (χ2v) is 4.61. The largest absolute Gasteiger partial charge is 0.330 e. The van der Waals surface area contributed by atoms with Crippen LogP contribution in [0.1, 0.15) is 17.5 Å². The standard InChI is InChI=1S/C13H15ClN2O/c1-8-5-10-6-9(3-2-4-15)13(17)16-12(10)7-11(8)14/h5-7H,2-4,15H2,1H3,(H,16,17). The van der Waals surface area contributed by atoms with Gasteiger partial charge in [-0.2, -0.15) is 0 Å². The maximum Gasteiger partial charge on any atom is 0.251 e. The third-order valence-corrected chi connectivity index (χ3v) is 3.26. The topological polar surface area (TPSA) is 58.9 Å². The molecule has 0 aliphatic rings. The highest BCUT2D eigenvalue weighted by molar-refractivity contribution is 6.32. The van der Waals surface area contributed by atoms with E-state index in [-0.39, 0.29) is 5.56 Å². The Morgan fingerprint density at radius 1 is 1.35 bits per heavy atom. The Balaban J connectivity index is 2.55. The number of fused-ring (bicyclic) bond motifs is 1. The quantitative estimate of drug-likeness (QED) is 0.879. The van der Waals surface area contributed by atoms with E-state index in [1.807, 2.05) is 19.1 Å². The van der Waals surface area contributed by atoms with Crippen LogP contribution >= 0.6 is 11.6 Å². The predicted molar refractivity (Wildman–Crippen MR) is 71.7 cm³/mol. The zero-order valence-electron chi connectivity index (χ0n) is 9.72. The van der Waals surface area contributed by atoms with Gasteiger partial charge in [0.25, 0.3) is 5.56 Å². The van der Waals surface area contributed by atoms with Crippen LogP contribution in [0.4, 0.5) is 0 Å². The minimum absolute atomic E-state index is 0.0501. The highest BCUT2D eigenvalue weighted by Crippen LogP contribution is 2.21. The Kier molecular flexibility index (Phi) is 3.50. The van der Waals surface area contributed by atoms with E-state index in [1.165, 1.54) is 0 Å². The molecule has 0 atom stereocenters. The zero-order valence-corrected chi connectivity index (χ0v) is 10.5. The lowest BCUT2D eigenvalue weighted by molar-refractivity contribution is 0.824. The van der Waals surface area contributed by atoms with Gasteiger partial charge in [0.1, 0.15) is 0 Å². The van der Waals surface area contributed by atoms with Crippen LogP contribution in [0.25, 0.3) is 10.9 Å². The van der Waals surface area contributed by atoms with Crippen LogP contribution in [0.2, 0.25) is 5.02 Å². The number of aromatic nitrogens is 1. The molecule has 0 saturated carbocycles. The first-order valence-corrected chi connectivity index (χ1v) is 6.01. The SMILES string of the molecule is Cc1cc2cc(CCCN)c(=O)[nH]c2cc1Cl. The Hall–Kier alpha value is -1.32. The molecule has 2 rings (SSSR count). The van der Waals surface area contributed by atoms with Crippen LogP contribution in [0.3, 0.4) is 0 Å². The second kappa shape index (κ2) is 4.90. The van der Waals surface area contributed by atoms with Crippen LogP contribution in [0, 0.1) is 6.92 Å². The van der Waals surface area contributed by atoms with Crippen LogP contribution in [-0.2, 0) is 6.42 Å². The maximum atomic E-state index is 11.8. The molecule has 0 saturated heterocycles. The van der Waals surface area contributed by atoms with Gasteiger partial charge in [-0.25, -0.2) is 0 Å². The van der Waals surface area contributed by atoms with Crippen molar-refractivity contribution in [3.63, 3.8) is 0 Å². The summed E-state index contributed by atoms with van der Waals surface area (Å²) in [4.78, 5) is 14.7. The van der Waals surface area contributed by atoms with Crippen molar-refractivity contribution < 1.29 is 0 Å². The van der Waals surface area contributed by atoms with Crippen molar-refractivity contribution in [1.82, 2.24) is 4.98 Å². The number of rotatable bonds is 3. The van der Waals surface area contributed by atoms with E-state index in [1.54, 1.807) is 6.07 Å². The van der Waals surface area contributed by atoms with Gasteiger partial charge in [-0.3, -0.25) is 4.79 Å². The molecular formula is C13H15ClN2O. The van der Waals surface area contributed by atoms with Gasteiger partial charge in [-0.15, -0.1) is 0 Å². The number of benzene rings is 1. The fraction of sp³-hybridized carbons (Fsp3) is 0.308. The van der Waals surface area contributed by atoms with Crippen molar-refractivity contribution in [2.45, 2.75) is 19.8 Å². The summed E-state index contributed by atoms with van der Waals surface area (Å²) in [5, 5.41) is 1.68. The lowest BCUT2D eigenvalue weighted by atomic mass is 10.1. The Labute approximate surface area is 105 Å². The average Bonchev–Trinajstić information content (AvgIpc) is 2.29. The van der Waals surface area contributed by atoms with Crippen molar-refractivity contribution in [2.24, 2.45) is 5.73 Å². The minimum atomic E-state index is -0.0501. The lowest BCUT2D eigenvalue weighted by Crippen LogP contribution is -2.13. The molecular weight excluding hydrogens is 236 g/mol. The minimum Gasteiger partial charge on any atom is -0.330 e. The van der Waals surface area contributed by atoms with Crippen molar-refractivity contribution in [3.8, 4) is 0 Å². The molecule has 2 aromatic rings. The number of aryl methyl sites for hydroxylation is 2. The molecule has 0 bridgehead atoms. The van der Waals surface area contributed by atoms with Gasteiger partial charge >= 0.3 is 0 Å². The summed E-state index contributed by atoms with van der Waals surface area (Å²) in [6.45, 7) is 2.55. The van der Waals surface area contributed by atoms with Gasteiger partial charge in [0.2, 0.25) is 0 Å². The number of hydrogen-bond acceptors (Lipinski definition) is 2. The van der Waals surface area contributed by atoms with Crippen molar-refractivity contribution >= 4 is 22.5 Å². The van der Waals surface area contributed by atoms with E-state index >= 15 is 0 Å². The van der Waals surface area contributed by atoms with Gasteiger partial charge < -0.3 is 10.7 Å². The molecule has 0 aliphatic heterocycles. The Bertz CT molecular complexity index is 604. The fourth-order valence-electron chi connectivity index (χ4n) is 1.87. The third-order valence-electron chi connectivity index (χ3n) is 2.85. The number of H-pyrrole nitrogens is 1. The van der Waals surface area contributed by atoms with Crippen LogP contribution in [-0.4, -0.2) is 11.5 Å². The van der Waals surface area contributed by atoms with E-state index < -0.39 is 0 Å². The summed E-state index contributed by atoms with van der Waals surface area (Å²) in [7, 11) is 0. The van der Waals surface area contributed by atoms with Crippen molar-refractivity contribution in [1.29, 1.82) is 0 Å². The molecule has 1 heterocycles. The number of nitrogens with two attached hydrogens (primary N) is 1. The molecule has 0 amide bonds. The number of pyridine rings is 1. The van der Waals surface area contributed by atoms with E-state index in [2.05, 4.69) is 4.98 Å². The normalized spacial score (nSPS) is 11.0. The number of hydrogen-bond donors (Lipinski definition) is 2. The predicted octanol–water partition coefficient (Wildman–Crippen LogP) is 2.38. The molecule has 90 valence electrons.